The summed E-state index contributed by atoms with van der Waals surface area (Å²) in [5.74, 6) is 0.954. The number of nitrogens with one attached hydrogen (secondary N) is 1. The summed E-state index contributed by atoms with van der Waals surface area (Å²) >= 11 is 1.85. The second-order valence-electron chi connectivity index (χ2n) is 4.98. The molecular weight excluding hydrogens is 280 g/mol. The van der Waals surface area contributed by atoms with E-state index in [0.717, 1.165) is 25.4 Å². The van der Waals surface area contributed by atoms with E-state index in [4.69, 9.17) is 4.74 Å². The Morgan fingerprint density at radius 1 is 1.19 bits per heavy atom. The van der Waals surface area contributed by atoms with Gasteiger partial charge in [-0.3, -0.25) is 4.98 Å². The first-order valence-electron chi connectivity index (χ1n) is 7.10. The van der Waals surface area contributed by atoms with Crippen molar-refractivity contribution >= 4 is 11.8 Å². The summed E-state index contributed by atoms with van der Waals surface area (Å²) in [6.45, 7) is 4.58. The Morgan fingerprint density at radius 3 is 2.90 bits per heavy atom. The summed E-state index contributed by atoms with van der Waals surface area (Å²) in [6, 6.07) is 10.9. The molecular formula is C17H22N2OS. The van der Waals surface area contributed by atoms with Crippen LogP contribution in [0.15, 0.2) is 47.6 Å². The van der Waals surface area contributed by atoms with Crippen LogP contribution in [0.3, 0.4) is 0 Å². The summed E-state index contributed by atoms with van der Waals surface area (Å²) in [5.41, 5.74) is 3.78. The summed E-state index contributed by atoms with van der Waals surface area (Å²) in [6.07, 6.45) is 3.83. The molecule has 0 fully saturated rings. The van der Waals surface area contributed by atoms with Crippen LogP contribution in [0.4, 0.5) is 0 Å². The summed E-state index contributed by atoms with van der Waals surface area (Å²) < 4.78 is 5.03. The molecule has 0 spiro atoms. The van der Waals surface area contributed by atoms with Gasteiger partial charge in [0.2, 0.25) is 0 Å². The van der Waals surface area contributed by atoms with Crippen LogP contribution in [-0.4, -0.2) is 25.2 Å². The maximum atomic E-state index is 5.03. The molecule has 3 nitrogen and oxygen atoms in total. The minimum atomic E-state index is 0.745. The molecule has 0 atom stereocenters. The predicted molar refractivity (Wildman–Crippen MR) is 88.6 cm³/mol. The number of pyridine rings is 1. The van der Waals surface area contributed by atoms with Crippen molar-refractivity contribution in [2.24, 2.45) is 0 Å². The standard InChI is InChI=1S/C17H22N2OS/c1-14-8-16(12-19-10-14)13-21-17-5-3-4-15(9-17)11-18-6-7-20-2/h3-5,8-10,12,18H,6-7,11,13H2,1-2H3. The minimum Gasteiger partial charge on any atom is -0.383 e. The van der Waals surface area contributed by atoms with Crippen LogP contribution < -0.4 is 5.32 Å². The van der Waals surface area contributed by atoms with Crippen LogP contribution >= 0.6 is 11.8 Å². The molecule has 112 valence electrons. The largest absolute Gasteiger partial charge is 0.383 e. The number of hydrogen-bond donors (Lipinski definition) is 1. The zero-order valence-corrected chi connectivity index (χ0v) is 13.5. The normalized spacial score (nSPS) is 10.8. The highest BCUT2D eigenvalue weighted by Crippen LogP contribution is 2.23. The molecule has 0 radical (unpaired) electrons. The van der Waals surface area contributed by atoms with Gasteiger partial charge in [-0.1, -0.05) is 18.2 Å². The summed E-state index contributed by atoms with van der Waals surface area (Å²) in [7, 11) is 1.72. The first-order chi connectivity index (χ1) is 10.3. The van der Waals surface area contributed by atoms with Gasteiger partial charge >= 0.3 is 0 Å². The Bertz CT molecular complexity index is 560. The van der Waals surface area contributed by atoms with Crippen molar-refractivity contribution in [1.82, 2.24) is 10.3 Å². The molecule has 1 aromatic heterocycles. The second-order valence-corrected chi connectivity index (χ2v) is 6.02. The molecule has 0 aliphatic carbocycles. The molecule has 2 rings (SSSR count). The van der Waals surface area contributed by atoms with Crippen LogP contribution in [0.2, 0.25) is 0 Å². The molecule has 0 aliphatic heterocycles. The molecule has 0 saturated heterocycles. The lowest BCUT2D eigenvalue weighted by atomic mass is 10.2. The van der Waals surface area contributed by atoms with E-state index < -0.39 is 0 Å². The van der Waals surface area contributed by atoms with Crippen LogP contribution in [0.25, 0.3) is 0 Å². The van der Waals surface area contributed by atoms with Gasteiger partial charge in [-0.2, -0.15) is 0 Å². The fourth-order valence-electron chi connectivity index (χ4n) is 2.02. The Hall–Kier alpha value is -1.36. The average molecular weight is 302 g/mol. The number of aromatic nitrogens is 1. The predicted octanol–water partition coefficient (Wildman–Crippen LogP) is 3.42. The number of rotatable bonds is 8. The lowest BCUT2D eigenvalue weighted by Gasteiger charge is -2.07. The van der Waals surface area contributed by atoms with Gasteiger partial charge < -0.3 is 10.1 Å². The highest BCUT2D eigenvalue weighted by atomic mass is 32.2. The maximum Gasteiger partial charge on any atom is 0.0587 e. The molecule has 0 aliphatic rings. The Kier molecular flexibility index (Phi) is 6.73. The lowest BCUT2D eigenvalue weighted by molar-refractivity contribution is 0.199. The first-order valence-corrected chi connectivity index (χ1v) is 8.08. The Balaban J connectivity index is 1.86. The fraction of sp³-hybridized carbons (Fsp3) is 0.353. The zero-order chi connectivity index (χ0) is 14.9. The van der Waals surface area contributed by atoms with Crippen LogP contribution in [0.5, 0.6) is 0 Å². The number of nitrogens with zero attached hydrogens (tertiary/aromatic N) is 1. The van der Waals surface area contributed by atoms with Crippen molar-refractivity contribution < 1.29 is 4.74 Å². The third-order valence-corrected chi connectivity index (χ3v) is 4.11. The van der Waals surface area contributed by atoms with E-state index in [1.807, 2.05) is 24.2 Å². The van der Waals surface area contributed by atoms with Crippen molar-refractivity contribution in [2.45, 2.75) is 24.1 Å². The Labute approximate surface area is 131 Å². The average Bonchev–Trinajstić information content (AvgIpc) is 2.50. The number of benzene rings is 1. The zero-order valence-electron chi connectivity index (χ0n) is 12.6. The van der Waals surface area contributed by atoms with Crippen LogP contribution in [-0.2, 0) is 17.0 Å². The van der Waals surface area contributed by atoms with Gasteiger partial charge in [0.1, 0.15) is 0 Å². The van der Waals surface area contributed by atoms with E-state index in [1.54, 1.807) is 7.11 Å². The first kappa shape index (κ1) is 16.0. The highest BCUT2D eigenvalue weighted by molar-refractivity contribution is 7.98. The number of aryl methyl sites for hydroxylation is 1. The van der Waals surface area contributed by atoms with Crippen LogP contribution in [0.1, 0.15) is 16.7 Å². The van der Waals surface area contributed by atoms with Gasteiger partial charge in [0.25, 0.3) is 0 Å². The van der Waals surface area contributed by atoms with Crippen LogP contribution in [0, 0.1) is 6.92 Å². The summed E-state index contributed by atoms with van der Waals surface area (Å²) in [4.78, 5) is 5.53. The molecule has 1 aromatic carbocycles. The smallest absolute Gasteiger partial charge is 0.0587 e. The van der Waals surface area contributed by atoms with Crippen molar-refractivity contribution in [3.05, 3.63) is 59.4 Å². The van der Waals surface area contributed by atoms with E-state index in [1.165, 1.54) is 21.6 Å². The third kappa shape index (κ3) is 5.87. The van der Waals surface area contributed by atoms with E-state index in [-0.39, 0.29) is 0 Å². The Morgan fingerprint density at radius 2 is 2.10 bits per heavy atom. The SMILES string of the molecule is COCCNCc1cccc(SCc2cncc(C)c2)c1. The van der Waals surface area contributed by atoms with Crippen molar-refractivity contribution in [3.63, 3.8) is 0 Å². The molecule has 1 heterocycles. The van der Waals surface area contributed by atoms with Gasteiger partial charge in [-0.05, 0) is 35.7 Å². The van der Waals surface area contributed by atoms with Crippen molar-refractivity contribution in [2.75, 3.05) is 20.3 Å². The van der Waals surface area contributed by atoms with E-state index >= 15 is 0 Å². The molecule has 21 heavy (non-hydrogen) atoms. The molecule has 0 saturated carbocycles. The van der Waals surface area contributed by atoms with Gasteiger partial charge in [0, 0.05) is 43.2 Å². The molecule has 4 heteroatoms. The van der Waals surface area contributed by atoms with Gasteiger partial charge in [-0.25, -0.2) is 0 Å². The quantitative estimate of drug-likeness (QED) is 0.598. The maximum absolute atomic E-state index is 5.03. The molecule has 0 bridgehead atoms. The van der Waals surface area contributed by atoms with Gasteiger partial charge in [0.05, 0.1) is 6.61 Å². The number of ether oxygens (including phenoxy) is 1. The molecule has 2 aromatic rings. The molecule has 0 amide bonds. The fourth-order valence-corrected chi connectivity index (χ4v) is 2.92. The van der Waals surface area contributed by atoms with Crippen molar-refractivity contribution in [1.29, 1.82) is 0 Å². The van der Waals surface area contributed by atoms with E-state index in [0.29, 0.717) is 0 Å². The molecule has 1 N–H and O–H groups in total. The second kappa shape index (κ2) is 8.82. The topological polar surface area (TPSA) is 34.1 Å². The minimum absolute atomic E-state index is 0.745. The molecule has 0 unspecified atom stereocenters. The third-order valence-electron chi connectivity index (χ3n) is 3.05. The van der Waals surface area contributed by atoms with Crippen molar-refractivity contribution in [3.8, 4) is 0 Å². The number of thioether (sulfide) groups is 1. The van der Waals surface area contributed by atoms with Gasteiger partial charge in [-0.15, -0.1) is 11.8 Å². The lowest BCUT2D eigenvalue weighted by Crippen LogP contribution is -2.18. The number of hydrogen-bond acceptors (Lipinski definition) is 4. The highest BCUT2D eigenvalue weighted by Gasteiger charge is 1.99. The van der Waals surface area contributed by atoms with E-state index in [9.17, 15) is 0 Å². The summed E-state index contributed by atoms with van der Waals surface area (Å²) in [5, 5.41) is 3.37. The van der Waals surface area contributed by atoms with E-state index in [2.05, 4.69) is 47.6 Å². The van der Waals surface area contributed by atoms with Gasteiger partial charge in [0.15, 0.2) is 0 Å². The number of methoxy groups -OCH3 is 1. The monoisotopic (exact) mass is 302 g/mol.